The number of benzene rings is 2. The van der Waals surface area contributed by atoms with Crippen LogP contribution in [0.2, 0.25) is 5.02 Å². The van der Waals surface area contributed by atoms with Gasteiger partial charge in [-0.1, -0.05) is 11.6 Å². The molecule has 0 aliphatic heterocycles. The van der Waals surface area contributed by atoms with Crippen molar-refractivity contribution in [1.29, 1.82) is 0 Å². The van der Waals surface area contributed by atoms with Crippen LogP contribution < -0.4 is 4.74 Å². The van der Waals surface area contributed by atoms with Crippen molar-refractivity contribution in [2.24, 2.45) is 0 Å². The molecule has 1 N–H and O–H groups in total. The van der Waals surface area contributed by atoms with Gasteiger partial charge in [-0.15, -0.1) is 0 Å². The van der Waals surface area contributed by atoms with E-state index in [0.29, 0.717) is 11.6 Å². The third-order valence-corrected chi connectivity index (χ3v) is 2.45. The first kappa shape index (κ1) is 10.1. The number of halogens is 1. The molecule has 0 amide bonds. The lowest BCUT2D eigenvalue weighted by Gasteiger charge is -2.08. The van der Waals surface area contributed by atoms with Gasteiger partial charge >= 0.3 is 0 Å². The highest BCUT2D eigenvalue weighted by molar-refractivity contribution is 6.31. The smallest absolute Gasteiger partial charge is 0.127 e. The van der Waals surface area contributed by atoms with Crippen LogP contribution in [0.25, 0.3) is 10.8 Å². The molecule has 0 heterocycles. The minimum absolute atomic E-state index is 0.241. The fourth-order valence-electron chi connectivity index (χ4n) is 1.56. The van der Waals surface area contributed by atoms with Gasteiger partial charge in [0.15, 0.2) is 0 Å². The van der Waals surface area contributed by atoms with Crippen molar-refractivity contribution in [3.8, 4) is 11.5 Å². The number of rotatable bonds is 2. The molecule has 0 radical (unpaired) electrons. The fraction of sp³-hybridized carbons (Fsp3) is 0.167. The average molecular weight is 223 g/mol. The molecule has 0 aromatic heterocycles. The minimum atomic E-state index is 0.241. The average Bonchev–Trinajstić information content (AvgIpc) is 2.22. The van der Waals surface area contributed by atoms with E-state index in [-0.39, 0.29) is 5.75 Å². The van der Waals surface area contributed by atoms with E-state index in [9.17, 15) is 5.11 Å². The molecule has 2 aromatic rings. The molecule has 0 saturated carbocycles. The Morgan fingerprint density at radius 1 is 1.20 bits per heavy atom. The standard InChI is InChI=1S/C12H11ClO2/c1-2-15-12-6-5-11(14)9-4-3-8(13)7-10(9)12/h3-7,14H,2H2,1H3. The second kappa shape index (κ2) is 3.99. The number of hydrogen-bond donors (Lipinski definition) is 1. The Hall–Kier alpha value is -1.41. The molecule has 0 aliphatic rings. The van der Waals surface area contributed by atoms with Gasteiger partial charge in [-0.05, 0) is 37.3 Å². The topological polar surface area (TPSA) is 29.5 Å². The number of ether oxygens (including phenoxy) is 1. The maximum Gasteiger partial charge on any atom is 0.127 e. The number of aromatic hydroxyl groups is 1. The summed E-state index contributed by atoms with van der Waals surface area (Å²) in [6.45, 7) is 2.51. The quantitative estimate of drug-likeness (QED) is 0.842. The molecule has 0 bridgehead atoms. The van der Waals surface area contributed by atoms with Crippen molar-refractivity contribution in [3.05, 3.63) is 35.4 Å². The SMILES string of the molecule is CCOc1ccc(O)c2ccc(Cl)cc12. The summed E-state index contributed by atoms with van der Waals surface area (Å²) >= 11 is 5.91. The summed E-state index contributed by atoms with van der Waals surface area (Å²) in [6, 6.07) is 8.70. The van der Waals surface area contributed by atoms with E-state index < -0.39 is 0 Å². The van der Waals surface area contributed by atoms with Crippen molar-refractivity contribution >= 4 is 22.4 Å². The zero-order valence-electron chi connectivity index (χ0n) is 8.33. The van der Waals surface area contributed by atoms with Crippen LogP contribution in [0.3, 0.4) is 0 Å². The summed E-state index contributed by atoms with van der Waals surface area (Å²) < 4.78 is 5.46. The predicted octanol–water partition coefficient (Wildman–Crippen LogP) is 3.60. The Labute approximate surface area is 93.1 Å². The summed E-state index contributed by atoms with van der Waals surface area (Å²) in [5.74, 6) is 0.984. The third-order valence-electron chi connectivity index (χ3n) is 2.22. The maximum absolute atomic E-state index is 9.66. The Morgan fingerprint density at radius 2 is 2.00 bits per heavy atom. The lowest BCUT2D eigenvalue weighted by atomic mass is 10.1. The molecule has 2 nitrogen and oxygen atoms in total. The highest BCUT2D eigenvalue weighted by Gasteiger charge is 2.06. The van der Waals surface area contributed by atoms with Gasteiger partial charge in [0.2, 0.25) is 0 Å². The Balaban J connectivity index is 2.72. The van der Waals surface area contributed by atoms with Crippen LogP contribution in [0.1, 0.15) is 6.92 Å². The van der Waals surface area contributed by atoms with Gasteiger partial charge in [-0.3, -0.25) is 0 Å². The minimum Gasteiger partial charge on any atom is -0.507 e. The van der Waals surface area contributed by atoms with E-state index in [1.165, 1.54) is 0 Å². The van der Waals surface area contributed by atoms with Gasteiger partial charge in [0.05, 0.1) is 6.61 Å². The van der Waals surface area contributed by atoms with Crippen molar-refractivity contribution in [2.75, 3.05) is 6.61 Å². The van der Waals surface area contributed by atoms with Crippen LogP contribution in [0, 0.1) is 0 Å². The molecule has 15 heavy (non-hydrogen) atoms. The normalized spacial score (nSPS) is 10.5. The van der Waals surface area contributed by atoms with E-state index in [2.05, 4.69) is 0 Å². The Kier molecular flexibility index (Phi) is 2.69. The fourth-order valence-corrected chi connectivity index (χ4v) is 1.73. The molecular formula is C12H11ClO2. The molecule has 0 spiro atoms. The van der Waals surface area contributed by atoms with Crippen molar-refractivity contribution in [2.45, 2.75) is 6.92 Å². The Morgan fingerprint density at radius 3 is 2.73 bits per heavy atom. The van der Waals surface area contributed by atoms with Crippen molar-refractivity contribution in [1.82, 2.24) is 0 Å². The summed E-state index contributed by atoms with van der Waals surface area (Å²) in [7, 11) is 0. The summed E-state index contributed by atoms with van der Waals surface area (Å²) in [6.07, 6.45) is 0. The van der Waals surface area contributed by atoms with Gasteiger partial charge in [-0.2, -0.15) is 0 Å². The molecule has 78 valence electrons. The van der Waals surface area contributed by atoms with Crippen LogP contribution in [-0.2, 0) is 0 Å². The summed E-state index contributed by atoms with van der Waals surface area (Å²) in [5, 5.41) is 11.9. The van der Waals surface area contributed by atoms with E-state index >= 15 is 0 Å². The Bertz CT molecular complexity index is 494. The molecule has 0 aliphatic carbocycles. The van der Waals surface area contributed by atoms with Gasteiger partial charge < -0.3 is 9.84 Å². The number of phenols is 1. The van der Waals surface area contributed by atoms with Crippen LogP contribution >= 0.6 is 11.6 Å². The van der Waals surface area contributed by atoms with Gasteiger partial charge in [0.25, 0.3) is 0 Å². The molecular weight excluding hydrogens is 212 g/mol. The molecule has 0 saturated heterocycles. The highest BCUT2D eigenvalue weighted by atomic mass is 35.5. The maximum atomic E-state index is 9.66. The first-order valence-corrected chi connectivity index (χ1v) is 5.14. The monoisotopic (exact) mass is 222 g/mol. The van der Waals surface area contributed by atoms with Crippen molar-refractivity contribution < 1.29 is 9.84 Å². The van der Waals surface area contributed by atoms with E-state index in [1.54, 1.807) is 30.3 Å². The van der Waals surface area contributed by atoms with Crippen LogP contribution in [0.5, 0.6) is 11.5 Å². The summed E-state index contributed by atoms with van der Waals surface area (Å²) in [5.41, 5.74) is 0. The molecule has 2 aromatic carbocycles. The molecule has 0 atom stereocenters. The molecule has 3 heteroatoms. The lowest BCUT2D eigenvalue weighted by molar-refractivity contribution is 0.344. The number of fused-ring (bicyclic) bond motifs is 1. The second-order valence-electron chi connectivity index (χ2n) is 3.21. The zero-order valence-corrected chi connectivity index (χ0v) is 9.08. The first-order valence-electron chi connectivity index (χ1n) is 4.76. The van der Waals surface area contributed by atoms with E-state index in [1.807, 2.05) is 6.92 Å². The van der Waals surface area contributed by atoms with Gasteiger partial charge in [-0.25, -0.2) is 0 Å². The summed E-state index contributed by atoms with van der Waals surface area (Å²) in [4.78, 5) is 0. The molecule has 0 fully saturated rings. The van der Waals surface area contributed by atoms with Gasteiger partial charge in [0, 0.05) is 15.8 Å². The molecule has 0 unspecified atom stereocenters. The lowest BCUT2D eigenvalue weighted by Crippen LogP contribution is -1.92. The van der Waals surface area contributed by atoms with Crippen molar-refractivity contribution in [3.63, 3.8) is 0 Å². The van der Waals surface area contributed by atoms with Gasteiger partial charge in [0.1, 0.15) is 11.5 Å². The third kappa shape index (κ3) is 1.85. The second-order valence-corrected chi connectivity index (χ2v) is 3.64. The van der Waals surface area contributed by atoms with E-state index in [0.717, 1.165) is 16.5 Å². The van der Waals surface area contributed by atoms with E-state index in [4.69, 9.17) is 16.3 Å². The largest absolute Gasteiger partial charge is 0.507 e. The van der Waals surface area contributed by atoms with Crippen LogP contribution in [0.15, 0.2) is 30.3 Å². The number of phenolic OH excluding ortho intramolecular Hbond substituents is 1. The number of hydrogen-bond acceptors (Lipinski definition) is 2. The first-order chi connectivity index (χ1) is 7.22. The zero-order chi connectivity index (χ0) is 10.8. The predicted molar refractivity (Wildman–Crippen MR) is 61.8 cm³/mol. The van der Waals surface area contributed by atoms with Crippen LogP contribution in [0.4, 0.5) is 0 Å². The highest BCUT2D eigenvalue weighted by Crippen LogP contribution is 2.34. The molecule has 2 rings (SSSR count). The van der Waals surface area contributed by atoms with Crippen LogP contribution in [-0.4, -0.2) is 11.7 Å².